The molecule has 0 spiro atoms. The minimum atomic E-state index is -0.0854. The first-order chi connectivity index (χ1) is 9.61. The van der Waals surface area contributed by atoms with E-state index in [-0.39, 0.29) is 12.5 Å². The van der Waals surface area contributed by atoms with Crippen molar-refractivity contribution in [3.05, 3.63) is 34.3 Å². The maximum absolute atomic E-state index is 12.0. The number of carbonyl (C=O) groups is 1. The molecule has 3 N–H and O–H groups in total. The summed E-state index contributed by atoms with van der Waals surface area (Å²) in [5, 5.41) is 3.44. The van der Waals surface area contributed by atoms with Crippen LogP contribution in [-0.2, 0) is 0 Å². The highest BCUT2D eigenvalue weighted by molar-refractivity contribution is 6.32. The van der Waals surface area contributed by atoms with Gasteiger partial charge in [0.05, 0.1) is 11.6 Å². The Bertz CT molecular complexity index is 555. The van der Waals surface area contributed by atoms with Crippen LogP contribution < -0.4 is 11.1 Å². The lowest BCUT2D eigenvalue weighted by Gasteiger charge is -2.11. The summed E-state index contributed by atoms with van der Waals surface area (Å²) in [5.74, 6) is 6.86. The number of benzene rings is 1. The molecule has 1 aromatic carbocycles. The number of carbonyl (C=O) groups excluding carboxylic acids is 1. The standard InChI is InChI=1S/C16H19ClN2O/c1-11(12-4-5-12)10-19-16(20)14-7-6-13(3-2-8-18)15(17)9-14/h6-7,9,11-12H,4-5,8,10,18H2,1H3,(H,19,20). The summed E-state index contributed by atoms with van der Waals surface area (Å²) >= 11 is 6.11. The lowest BCUT2D eigenvalue weighted by molar-refractivity contribution is 0.0946. The smallest absolute Gasteiger partial charge is 0.251 e. The summed E-state index contributed by atoms with van der Waals surface area (Å²) in [5.41, 5.74) is 6.58. The van der Waals surface area contributed by atoms with Crippen molar-refractivity contribution in [1.82, 2.24) is 5.32 Å². The number of amides is 1. The Labute approximate surface area is 124 Å². The monoisotopic (exact) mass is 290 g/mol. The first-order valence-corrected chi connectivity index (χ1v) is 7.26. The van der Waals surface area contributed by atoms with E-state index in [4.69, 9.17) is 17.3 Å². The highest BCUT2D eigenvalue weighted by atomic mass is 35.5. The molecular weight excluding hydrogens is 272 g/mol. The molecule has 0 bridgehead atoms. The second-order valence-electron chi connectivity index (χ2n) is 5.23. The van der Waals surface area contributed by atoms with Crippen LogP contribution in [0.4, 0.5) is 0 Å². The van der Waals surface area contributed by atoms with Crippen LogP contribution >= 0.6 is 11.6 Å². The highest BCUT2D eigenvalue weighted by Gasteiger charge is 2.27. The first-order valence-electron chi connectivity index (χ1n) is 6.88. The van der Waals surface area contributed by atoms with Gasteiger partial charge in [0, 0.05) is 17.7 Å². The predicted molar refractivity (Wildman–Crippen MR) is 81.6 cm³/mol. The van der Waals surface area contributed by atoms with E-state index in [0.717, 1.165) is 12.5 Å². The Kier molecular flexibility index (Phi) is 5.05. The Balaban J connectivity index is 1.97. The second kappa shape index (κ2) is 6.78. The number of hydrogen-bond acceptors (Lipinski definition) is 2. The van der Waals surface area contributed by atoms with Crippen molar-refractivity contribution in [2.45, 2.75) is 19.8 Å². The van der Waals surface area contributed by atoms with E-state index >= 15 is 0 Å². The third kappa shape index (κ3) is 4.00. The molecule has 1 aliphatic rings. The van der Waals surface area contributed by atoms with E-state index in [1.165, 1.54) is 12.8 Å². The Morgan fingerprint density at radius 2 is 2.30 bits per heavy atom. The van der Waals surface area contributed by atoms with Crippen molar-refractivity contribution in [2.75, 3.05) is 13.1 Å². The van der Waals surface area contributed by atoms with Crippen LogP contribution in [0.5, 0.6) is 0 Å². The van der Waals surface area contributed by atoms with Gasteiger partial charge in [-0.1, -0.05) is 30.4 Å². The topological polar surface area (TPSA) is 55.1 Å². The van der Waals surface area contributed by atoms with Gasteiger partial charge in [0.2, 0.25) is 0 Å². The Morgan fingerprint density at radius 1 is 1.55 bits per heavy atom. The first kappa shape index (κ1) is 14.9. The van der Waals surface area contributed by atoms with E-state index in [2.05, 4.69) is 24.1 Å². The van der Waals surface area contributed by atoms with Crippen molar-refractivity contribution in [3.63, 3.8) is 0 Å². The van der Waals surface area contributed by atoms with Gasteiger partial charge in [-0.2, -0.15) is 0 Å². The lowest BCUT2D eigenvalue weighted by atomic mass is 10.1. The number of nitrogens with two attached hydrogens (primary N) is 1. The molecule has 0 aromatic heterocycles. The number of rotatable bonds is 4. The quantitative estimate of drug-likeness (QED) is 0.837. The van der Waals surface area contributed by atoms with Crippen LogP contribution in [0.2, 0.25) is 5.02 Å². The van der Waals surface area contributed by atoms with Gasteiger partial charge >= 0.3 is 0 Å². The summed E-state index contributed by atoms with van der Waals surface area (Å²) in [6.07, 6.45) is 2.58. The number of halogens is 1. The zero-order chi connectivity index (χ0) is 14.5. The van der Waals surface area contributed by atoms with Crippen molar-refractivity contribution in [2.24, 2.45) is 17.6 Å². The zero-order valence-electron chi connectivity index (χ0n) is 11.6. The molecule has 1 atom stereocenters. The molecule has 3 nitrogen and oxygen atoms in total. The molecule has 1 unspecified atom stereocenters. The van der Waals surface area contributed by atoms with E-state index in [1.54, 1.807) is 18.2 Å². The molecule has 1 aromatic rings. The third-order valence-electron chi connectivity index (χ3n) is 3.57. The fourth-order valence-electron chi connectivity index (χ4n) is 2.09. The van der Waals surface area contributed by atoms with Crippen molar-refractivity contribution in [3.8, 4) is 11.8 Å². The van der Waals surface area contributed by atoms with Crippen LogP contribution in [0, 0.1) is 23.7 Å². The number of nitrogens with one attached hydrogen (secondary N) is 1. The summed E-state index contributed by atoms with van der Waals surface area (Å²) in [6.45, 7) is 3.18. The summed E-state index contributed by atoms with van der Waals surface area (Å²) < 4.78 is 0. The SMILES string of the molecule is CC(CNC(=O)c1ccc(C#CCN)c(Cl)c1)C1CC1. The van der Waals surface area contributed by atoms with Crippen LogP contribution in [0.1, 0.15) is 35.7 Å². The second-order valence-corrected chi connectivity index (χ2v) is 5.63. The number of hydrogen-bond donors (Lipinski definition) is 2. The van der Waals surface area contributed by atoms with Gasteiger partial charge in [-0.3, -0.25) is 4.79 Å². The fourth-order valence-corrected chi connectivity index (χ4v) is 2.32. The van der Waals surface area contributed by atoms with E-state index in [9.17, 15) is 4.79 Å². The lowest BCUT2D eigenvalue weighted by Crippen LogP contribution is -2.29. The molecule has 4 heteroatoms. The molecule has 106 valence electrons. The van der Waals surface area contributed by atoms with E-state index in [1.807, 2.05) is 0 Å². The molecule has 0 heterocycles. The molecule has 1 fully saturated rings. The maximum atomic E-state index is 12.0. The molecule has 1 saturated carbocycles. The average Bonchev–Trinajstić information content (AvgIpc) is 3.27. The van der Waals surface area contributed by atoms with Crippen LogP contribution in [0.3, 0.4) is 0 Å². The summed E-state index contributed by atoms with van der Waals surface area (Å²) in [7, 11) is 0. The maximum Gasteiger partial charge on any atom is 0.251 e. The fraction of sp³-hybridized carbons (Fsp3) is 0.438. The highest BCUT2D eigenvalue weighted by Crippen LogP contribution is 2.36. The van der Waals surface area contributed by atoms with Crippen LogP contribution in [0.15, 0.2) is 18.2 Å². The van der Waals surface area contributed by atoms with E-state index < -0.39 is 0 Å². The molecule has 0 aliphatic heterocycles. The Morgan fingerprint density at radius 3 is 2.90 bits per heavy atom. The average molecular weight is 291 g/mol. The van der Waals surface area contributed by atoms with Gasteiger partial charge in [0.25, 0.3) is 5.91 Å². The Hall–Kier alpha value is -1.50. The largest absolute Gasteiger partial charge is 0.352 e. The zero-order valence-corrected chi connectivity index (χ0v) is 12.3. The van der Waals surface area contributed by atoms with Crippen LogP contribution in [-0.4, -0.2) is 19.0 Å². The van der Waals surface area contributed by atoms with Crippen molar-refractivity contribution < 1.29 is 4.79 Å². The van der Waals surface area contributed by atoms with Gasteiger partial charge in [-0.15, -0.1) is 0 Å². The molecule has 2 rings (SSSR count). The minimum absolute atomic E-state index is 0.0854. The molecule has 1 aliphatic carbocycles. The van der Waals surface area contributed by atoms with Gasteiger partial charge < -0.3 is 11.1 Å². The predicted octanol–water partition coefficient (Wildman–Crippen LogP) is 2.43. The normalized spacial score (nSPS) is 15.2. The molecule has 1 amide bonds. The van der Waals surface area contributed by atoms with Crippen molar-refractivity contribution >= 4 is 17.5 Å². The molecular formula is C16H19ClN2O. The van der Waals surface area contributed by atoms with Crippen molar-refractivity contribution in [1.29, 1.82) is 0 Å². The molecule has 20 heavy (non-hydrogen) atoms. The van der Waals surface area contributed by atoms with Gasteiger partial charge in [0.1, 0.15) is 0 Å². The molecule has 0 saturated heterocycles. The summed E-state index contributed by atoms with van der Waals surface area (Å²) in [6, 6.07) is 5.15. The van der Waals surface area contributed by atoms with E-state index in [0.29, 0.717) is 22.1 Å². The molecule has 0 radical (unpaired) electrons. The summed E-state index contributed by atoms with van der Waals surface area (Å²) in [4.78, 5) is 12.0. The van der Waals surface area contributed by atoms with Gasteiger partial charge in [-0.05, 0) is 42.9 Å². The van der Waals surface area contributed by atoms with Crippen LogP contribution in [0.25, 0.3) is 0 Å². The third-order valence-corrected chi connectivity index (χ3v) is 3.88. The minimum Gasteiger partial charge on any atom is -0.352 e. The van der Waals surface area contributed by atoms with Gasteiger partial charge in [0.15, 0.2) is 0 Å². The van der Waals surface area contributed by atoms with Gasteiger partial charge in [-0.25, -0.2) is 0 Å².